The van der Waals surface area contributed by atoms with E-state index in [1.165, 1.54) is 11.9 Å². The third-order valence-electron chi connectivity index (χ3n) is 1.33. The standard InChI is InChI=1S/C7H7N3S/c1-2-4-8-7(3-1)10-5-6-11-9-10/h1-6,9H. The molecule has 1 aromatic heterocycles. The minimum absolute atomic E-state index is 0.911. The van der Waals surface area contributed by atoms with E-state index in [1.807, 2.05) is 34.8 Å². The molecule has 2 heterocycles. The van der Waals surface area contributed by atoms with E-state index in [-0.39, 0.29) is 0 Å². The predicted octanol–water partition coefficient (Wildman–Crippen LogP) is 1.53. The summed E-state index contributed by atoms with van der Waals surface area (Å²) in [6.45, 7) is 0. The number of nitrogens with zero attached hydrogens (tertiary/aromatic N) is 2. The highest BCUT2D eigenvalue weighted by molar-refractivity contribution is 8.00. The van der Waals surface area contributed by atoms with Crippen molar-refractivity contribution in [2.75, 3.05) is 5.01 Å². The summed E-state index contributed by atoms with van der Waals surface area (Å²) in [7, 11) is 0. The largest absolute Gasteiger partial charge is 0.256 e. The van der Waals surface area contributed by atoms with Crippen LogP contribution in [0.1, 0.15) is 0 Å². The van der Waals surface area contributed by atoms with Gasteiger partial charge in [0.2, 0.25) is 0 Å². The van der Waals surface area contributed by atoms with E-state index in [4.69, 9.17) is 0 Å². The van der Waals surface area contributed by atoms with Gasteiger partial charge in [0, 0.05) is 17.8 Å². The second-order valence-corrected chi connectivity index (χ2v) is 2.74. The Hall–Kier alpha value is -1.00. The van der Waals surface area contributed by atoms with Gasteiger partial charge in [-0.3, -0.25) is 5.01 Å². The number of pyridine rings is 1. The zero-order valence-corrected chi connectivity index (χ0v) is 6.58. The number of nitrogens with one attached hydrogen (secondary N) is 1. The Balaban J connectivity index is 2.23. The van der Waals surface area contributed by atoms with Gasteiger partial charge in [0.25, 0.3) is 0 Å². The monoisotopic (exact) mass is 165 g/mol. The molecule has 0 bridgehead atoms. The van der Waals surface area contributed by atoms with Crippen molar-refractivity contribution in [3.05, 3.63) is 36.0 Å². The van der Waals surface area contributed by atoms with Crippen LogP contribution in [0.25, 0.3) is 0 Å². The van der Waals surface area contributed by atoms with Crippen molar-refractivity contribution in [1.29, 1.82) is 0 Å². The Kier molecular flexibility index (Phi) is 1.79. The van der Waals surface area contributed by atoms with Crippen molar-refractivity contribution in [3.63, 3.8) is 0 Å². The van der Waals surface area contributed by atoms with Gasteiger partial charge in [-0.1, -0.05) is 6.07 Å². The second kappa shape index (κ2) is 2.94. The van der Waals surface area contributed by atoms with Gasteiger partial charge < -0.3 is 0 Å². The maximum atomic E-state index is 4.16. The lowest BCUT2D eigenvalue weighted by atomic mass is 10.5. The van der Waals surface area contributed by atoms with Crippen LogP contribution in [0, 0.1) is 0 Å². The predicted molar refractivity (Wildman–Crippen MR) is 46.6 cm³/mol. The SMILES string of the molecule is C1=CN(c2ccccn2)NS1. The van der Waals surface area contributed by atoms with Gasteiger partial charge in [0.1, 0.15) is 5.82 Å². The molecular formula is C7H7N3S. The van der Waals surface area contributed by atoms with E-state index in [1.54, 1.807) is 6.20 Å². The molecule has 0 fully saturated rings. The third kappa shape index (κ3) is 1.36. The number of hydrogen-bond acceptors (Lipinski definition) is 4. The molecule has 0 spiro atoms. The summed E-state index contributed by atoms with van der Waals surface area (Å²) in [4.78, 5) is 7.21. The fraction of sp³-hybridized carbons (Fsp3) is 0. The zero-order valence-electron chi connectivity index (χ0n) is 5.77. The molecule has 0 atom stereocenters. The highest BCUT2D eigenvalue weighted by Crippen LogP contribution is 2.15. The smallest absolute Gasteiger partial charge is 0.147 e. The van der Waals surface area contributed by atoms with E-state index in [9.17, 15) is 0 Å². The van der Waals surface area contributed by atoms with Gasteiger partial charge in [-0.25, -0.2) is 4.98 Å². The number of anilines is 1. The average molecular weight is 165 g/mol. The van der Waals surface area contributed by atoms with Gasteiger partial charge in [0.05, 0.1) is 0 Å². The highest BCUT2D eigenvalue weighted by atomic mass is 32.2. The Bertz CT molecular complexity index is 260. The molecular weight excluding hydrogens is 158 g/mol. The van der Waals surface area contributed by atoms with Crippen LogP contribution in [0.3, 0.4) is 0 Å². The molecule has 0 radical (unpaired) electrons. The van der Waals surface area contributed by atoms with Crippen molar-refractivity contribution in [2.24, 2.45) is 0 Å². The normalized spacial score (nSPS) is 15.8. The van der Waals surface area contributed by atoms with Crippen molar-refractivity contribution < 1.29 is 0 Å². The van der Waals surface area contributed by atoms with Gasteiger partial charge >= 0.3 is 0 Å². The highest BCUT2D eigenvalue weighted by Gasteiger charge is 2.05. The van der Waals surface area contributed by atoms with Crippen molar-refractivity contribution in [1.82, 2.24) is 9.82 Å². The molecule has 4 heteroatoms. The van der Waals surface area contributed by atoms with E-state index < -0.39 is 0 Å². The number of aromatic nitrogens is 1. The summed E-state index contributed by atoms with van der Waals surface area (Å²) in [5, 5.41) is 3.83. The molecule has 0 saturated heterocycles. The Morgan fingerprint density at radius 1 is 1.45 bits per heavy atom. The van der Waals surface area contributed by atoms with Crippen LogP contribution in [-0.4, -0.2) is 4.98 Å². The molecule has 0 amide bonds. The lowest BCUT2D eigenvalue weighted by Crippen LogP contribution is -2.23. The first kappa shape index (κ1) is 6.69. The summed E-state index contributed by atoms with van der Waals surface area (Å²) in [6.07, 6.45) is 3.71. The molecule has 0 saturated carbocycles. The quantitative estimate of drug-likeness (QED) is 0.639. The number of hydrazine groups is 1. The Morgan fingerprint density at radius 2 is 2.45 bits per heavy atom. The van der Waals surface area contributed by atoms with Gasteiger partial charge in [-0.15, -0.1) is 0 Å². The zero-order chi connectivity index (χ0) is 7.52. The molecule has 0 unspecified atom stereocenters. The molecule has 56 valence electrons. The summed E-state index contributed by atoms with van der Waals surface area (Å²) < 4.78 is 0. The fourth-order valence-electron chi connectivity index (χ4n) is 0.828. The van der Waals surface area contributed by atoms with Crippen LogP contribution in [0.5, 0.6) is 0 Å². The third-order valence-corrected chi connectivity index (χ3v) is 1.89. The molecule has 11 heavy (non-hydrogen) atoms. The fourth-order valence-corrected chi connectivity index (χ4v) is 1.34. The van der Waals surface area contributed by atoms with Crippen LogP contribution in [-0.2, 0) is 0 Å². The minimum atomic E-state index is 0.911. The van der Waals surface area contributed by atoms with Gasteiger partial charge in [-0.05, 0) is 24.1 Å². The number of hydrogen-bond donors (Lipinski definition) is 1. The molecule has 2 rings (SSSR count). The maximum Gasteiger partial charge on any atom is 0.147 e. The number of rotatable bonds is 1. The summed E-state index contributed by atoms with van der Waals surface area (Å²) in [5.41, 5.74) is 0. The van der Waals surface area contributed by atoms with Crippen molar-refractivity contribution in [3.8, 4) is 0 Å². The second-order valence-electron chi connectivity index (χ2n) is 2.05. The van der Waals surface area contributed by atoms with Gasteiger partial charge in [0.15, 0.2) is 0 Å². The summed E-state index contributed by atoms with van der Waals surface area (Å²) >= 11 is 1.53. The van der Waals surface area contributed by atoms with E-state index >= 15 is 0 Å². The van der Waals surface area contributed by atoms with Crippen LogP contribution in [0.2, 0.25) is 0 Å². The lowest BCUT2D eigenvalue weighted by Gasteiger charge is -2.12. The lowest BCUT2D eigenvalue weighted by molar-refractivity contribution is 0.970. The molecule has 1 aromatic rings. The van der Waals surface area contributed by atoms with Gasteiger partial charge in [-0.2, -0.15) is 4.83 Å². The summed E-state index contributed by atoms with van der Waals surface area (Å²) in [5.74, 6) is 0.911. The first-order valence-corrected chi connectivity index (χ1v) is 4.13. The van der Waals surface area contributed by atoms with Crippen LogP contribution in [0.4, 0.5) is 5.82 Å². The van der Waals surface area contributed by atoms with Crippen LogP contribution >= 0.6 is 11.9 Å². The van der Waals surface area contributed by atoms with E-state index in [0.717, 1.165) is 5.82 Å². The molecule has 1 aliphatic heterocycles. The molecule has 1 N–H and O–H groups in total. The minimum Gasteiger partial charge on any atom is -0.256 e. The topological polar surface area (TPSA) is 28.2 Å². The Morgan fingerprint density at radius 3 is 3.09 bits per heavy atom. The van der Waals surface area contributed by atoms with Crippen LogP contribution in [0.15, 0.2) is 36.0 Å². The molecule has 0 aliphatic carbocycles. The molecule has 3 nitrogen and oxygen atoms in total. The first-order chi connectivity index (χ1) is 5.47. The van der Waals surface area contributed by atoms with Crippen LogP contribution < -0.4 is 9.84 Å². The molecule has 1 aliphatic rings. The summed E-state index contributed by atoms with van der Waals surface area (Å²) in [6, 6.07) is 5.81. The van der Waals surface area contributed by atoms with E-state index in [2.05, 4.69) is 9.82 Å². The van der Waals surface area contributed by atoms with Crippen molar-refractivity contribution >= 4 is 17.8 Å². The maximum absolute atomic E-state index is 4.16. The Labute approximate surface area is 69.2 Å². The first-order valence-electron chi connectivity index (χ1n) is 3.25. The van der Waals surface area contributed by atoms with E-state index in [0.29, 0.717) is 0 Å². The molecule has 0 aromatic carbocycles. The average Bonchev–Trinajstić information content (AvgIpc) is 2.58. The van der Waals surface area contributed by atoms with Crippen molar-refractivity contribution in [2.45, 2.75) is 0 Å².